The van der Waals surface area contributed by atoms with Crippen molar-refractivity contribution in [2.45, 2.75) is 6.92 Å². The highest BCUT2D eigenvalue weighted by atomic mass is 19.1. The fourth-order valence-corrected chi connectivity index (χ4v) is 1.57. The Balaban J connectivity index is 2.74. The van der Waals surface area contributed by atoms with Crippen molar-refractivity contribution in [2.75, 3.05) is 26.7 Å². The lowest BCUT2D eigenvalue weighted by molar-refractivity contribution is -0.121. The van der Waals surface area contributed by atoms with Crippen molar-refractivity contribution in [3.05, 3.63) is 35.4 Å². The Bertz CT molecular complexity index is 478. The molecule has 4 nitrogen and oxygen atoms in total. The molecule has 0 spiro atoms. The fraction of sp³-hybridized carbons (Fsp3) is 0.385. The normalized spacial score (nSPS) is 10.6. The summed E-state index contributed by atoms with van der Waals surface area (Å²) in [6.45, 7) is 2.23. The van der Waals surface area contributed by atoms with E-state index in [-0.39, 0.29) is 24.6 Å². The number of nitrogens with zero attached hydrogens (tertiary/aromatic N) is 1. The summed E-state index contributed by atoms with van der Waals surface area (Å²) in [6, 6.07) is 2.81. The quantitative estimate of drug-likeness (QED) is 0.791. The molecular formula is C13H16F2N2O2. The lowest BCUT2D eigenvalue weighted by atomic mass is 10.1. The Morgan fingerprint density at radius 3 is 2.47 bits per heavy atom. The standard InChI is InChI=1S/C13H16F2N2O2/c1-3-17(8-13(19)16-2)7-12(18)10-5-4-9(14)6-11(10)15/h4-6H,3,7-8H2,1-2H3,(H,16,19). The van der Waals surface area contributed by atoms with Gasteiger partial charge in [0.05, 0.1) is 18.7 Å². The molecule has 0 aliphatic rings. The topological polar surface area (TPSA) is 49.4 Å². The van der Waals surface area contributed by atoms with Crippen LogP contribution in [0.15, 0.2) is 18.2 Å². The summed E-state index contributed by atoms with van der Waals surface area (Å²) in [6.07, 6.45) is 0. The first-order valence-corrected chi connectivity index (χ1v) is 5.89. The zero-order valence-electron chi connectivity index (χ0n) is 10.9. The lowest BCUT2D eigenvalue weighted by Crippen LogP contribution is -2.38. The van der Waals surface area contributed by atoms with Crippen molar-refractivity contribution in [3.63, 3.8) is 0 Å². The van der Waals surface area contributed by atoms with Gasteiger partial charge in [0, 0.05) is 13.1 Å². The molecule has 104 valence electrons. The molecule has 0 saturated heterocycles. The maximum Gasteiger partial charge on any atom is 0.233 e. The molecule has 6 heteroatoms. The number of carbonyl (C=O) groups excluding carboxylic acids is 2. The number of ketones is 1. The van der Waals surface area contributed by atoms with Crippen LogP contribution in [0.3, 0.4) is 0 Å². The molecule has 1 rings (SSSR count). The first kappa shape index (κ1) is 15.2. The van der Waals surface area contributed by atoms with Crippen LogP contribution in [-0.4, -0.2) is 43.3 Å². The van der Waals surface area contributed by atoms with Gasteiger partial charge in [-0.15, -0.1) is 0 Å². The predicted molar refractivity (Wildman–Crippen MR) is 66.9 cm³/mol. The zero-order valence-corrected chi connectivity index (χ0v) is 10.9. The van der Waals surface area contributed by atoms with Crippen molar-refractivity contribution in [3.8, 4) is 0 Å². The molecule has 0 aliphatic heterocycles. The minimum atomic E-state index is -0.888. The van der Waals surface area contributed by atoms with Gasteiger partial charge < -0.3 is 5.32 Å². The number of hydrogen-bond donors (Lipinski definition) is 1. The first-order chi connectivity index (χ1) is 8.97. The van der Waals surface area contributed by atoms with Crippen LogP contribution in [-0.2, 0) is 4.79 Å². The zero-order chi connectivity index (χ0) is 14.4. The Labute approximate surface area is 110 Å². The van der Waals surface area contributed by atoms with Gasteiger partial charge in [-0.05, 0) is 18.7 Å². The van der Waals surface area contributed by atoms with Crippen LogP contribution < -0.4 is 5.32 Å². The predicted octanol–water partition coefficient (Wildman–Crippen LogP) is 1.22. The van der Waals surface area contributed by atoms with E-state index in [1.54, 1.807) is 11.8 Å². The highest BCUT2D eigenvalue weighted by molar-refractivity contribution is 5.98. The van der Waals surface area contributed by atoms with Crippen molar-refractivity contribution in [1.29, 1.82) is 0 Å². The molecule has 1 N–H and O–H groups in total. The van der Waals surface area contributed by atoms with Crippen molar-refractivity contribution < 1.29 is 18.4 Å². The van der Waals surface area contributed by atoms with E-state index >= 15 is 0 Å². The summed E-state index contributed by atoms with van der Waals surface area (Å²) >= 11 is 0. The molecule has 0 atom stereocenters. The van der Waals surface area contributed by atoms with E-state index in [2.05, 4.69) is 5.32 Å². The van der Waals surface area contributed by atoms with E-state index in [1.165, 1.54) is 7.05 Å². The maximum absolute atomic E-state index is 13.4. The van der Waals surface area contributed by atoms with Crippen LogP contribution in [0.5, 0.6) is 0 Å². The molecule has 0 unspecified atom stereocenters. The first-order valence-electron chi connectivity index (χ1n) is 5.89. The molecular weight excluding hydrogens is 254 g/mol. The number of likely N-dealkylation sites (N-methyl/N-ethyl adjacent to an activating group) is 2. The van der Waals surface area contributed by atoms with Gasteiger partial charge in [-0.1, -0.05) is 6.92 Å². The third-order valence-corrected chi connectivity index (χ3v) is 2.69. The smallest absolute Gasteiger partial charge is 0.233 e. The number of halogens is 2. The molecule has 1 amide bonds. The highest BCUT2D eigenvalue weighted by Gasteiger charge is 2.17. The third-order valence-electron chi connectivity index (χ3n) is 2.69. The Hall–Kier alpha value is -1.82. The van der Waals surface area contributed by atoms with Gasteiger partial charge in [0.15, 0.2) is 5.78 Å². The number of amides is 1. The molecule has 0 fully saturated rings. The Morgan fingerprint density at radius 2 is 1.95 bits per heavy atom. The van der Waals surface area contributed by atoms with Crippen LogP contribution in [0.2, 0.25) is 0 Å². The number of rotatable bonds is 6. The van der Waals surface area contributed by atoms with Gasteiger partial charge in [-0.3, -0.25) is 14.5 Å². The second kappa shape index (κ2) is 6.94. The number of carbonyl (C=O) groups is 2. The minimum absolute atomic E-state index is 0.0571. The van der Waals surface area contributed by atoms with Gasteiger partial charge in [0.25, 0.3) is 0 Å². The van der Waals surface area contributed by atoms with Crippen LogP contribution in [0.1, 0.15) is 17.3 Å². The van der Waals surface area contributed by atoms with Gasteiger partial charge in [0.1, 0.15) is 11.6 Å². The lowest BCUT2D eigenvalue weighted by Gasteiger charge is -2.18. The summed E-state index contributed by atoms with van der Waals surface area (Å²) in [5.74, 6) is -2.33. The van der Waals surface area contributed by atoms with E-state index in [9.17, 15) is 18.4 Å². The molecule has 0 aromatic heterocycles. The number of hydrogen-bond acceptors (Lipinski definition) is 3. The summed E-state index contributed by atoms with van der Waals surface area (Å²) in [4.78, 5) is 24.7. The van der Waals surface area contributed by atoms with Gasteiger partial charge in [-0.2, -0.15) is 0 Å². The third kappa shape index (κ3) is 4.40. The average Bonchev–Trinajstić information content (AvgIpc) is 2.37. The molecule has 0 heterocycles. The van der Waals surface area contributed by atoms with Crippen molar-refractivity contribution in [2.24, 2.45) is 0 Å². The highest BCUT2D eigenvalue weighted by Crippen LogP contribution is 2.10. The van der Waals surface area contributed by atoms with E-state index in [4.69, 9.17) is 0 Å². The van der Waals surface area contributed by atoms with Gasteiger partial charge in [0.2, 0.25) is 5.91 Å². The minimum Gasteiger partial charge on any atom is -0.358 e. The fourth-order valence-electron chi connectivity index (χ4n) is 1.57. The molecule has 0 aliphatic carbocycles. The van der Waals surface area contributed by atoms with Crippen LogP contribution >= 0.6 is 0 Å². The average molecular weight is 270 g/mol. The number of benzene rings is 1. The van der Waals surface area contributed by atoms with Crippen molar-refractivity contribution in [1.82, 2.24) is 10.2 Å². The largest absolute Gasteiger partial charge is 0.358 e. The van der Waals surface area contributed by atoms with E-state index in [1.807, 2.05) is 0 Å². The molecule has 0 radical (unpaired) electrons. The van der Waals surface area contributed by atoms with Gasteiger partial charge >= 0.3 is 0 Å². The van der Waals surface area contributed by atoms with E-state index < -0.39 is 17.4 Å². The summed E-state index contributed by atoms with van der Waals surface area (Å²) in [5.41, 5.74) is -0.170. The molecule has 0 saturated carbocycles. The summed E-state index contributed by atoms with van der Waals surface area (Å²) < 4.78 is 26.2. The van der Waals surface area contributed by atoms with Crippen LogP contribution in [0, 0.1) is 11.6 Å². The van der Waals surface area contributed by atoms with E-state index in [0.29, 0.717) is 12.6 Å². The number of Topliss-reactive ketones (excluding diaryl/α,β-unsaturated/α-hetero) is 1. The Kier molecular flexibility index (Phi) is 5.57. The van der Waals surface area contributed by atoms with E-state index in [0.717, 1.165) is 12.1 Å². The molecule has 1 aromatic rings. The molecule has 1 aromatic carbocycles. The number of nitrogens with one attached hydrogen (secondary N) is 1. The van der Waals surface area contributed by atoms with Crippen LogP contribution in [0.25, 0.3) is 0 Å². The maximum atomic E-state index is 13.4. The monoisotopic (exact) mass is 270 g/mol. The summed E-state index contributed by atoms with van der Waals surface area (Å²) in [7, 11) is 1.50. The van der Waals surface area contributed by atoms with Gasteiger partial charge in [-0.25, -0.2) is 8.78 Å². The second-order valence-corrected chi connectivity index (χ2v) is 4.02. The van der Waals surface area contributed by atoms with Crippen LogP contribution in [0.4, 0.5) is 8.78 Å². The SMILES string of the molecule is CCN(CC(=O)NC)CC(=O)c1ccc(F)cc1F. The second-order valence-electron chi connectivity index (χ2n) is 4.02. The summed E-state index contributed by atoms with van der Waals surface area (Å²) in [5, 5.41) is 2.45. The molecule has 19 heavy (non-hydrogen) atoms. The van der Waals surface area contributed by atoms with Crippen molar-refractivity contribution >= 4 is 11.7 Å². The Morgan fingerprint density at radius 1 is 1.26 bits per heavy atom. The molecule has 0 bridgehead atoms.